The number of benzene rings is 1. The molecule has 1 heterocycles. The van der Waals surface area contributed by atoms with Gasteiger partial charge in [-0.25, -0.2) is 0 Å². The molecule has 0 spiro atoms. The average Bonchev–Trinajstić information content (AvgIpc) is 2.53. The molecule has 22 heavy (non-hydrogen) atoms. The summed E-state index contributed by atoms with van der Waals surface area (Å²) in [4.78, 5) is 13.7. The third-order valence-corrected chi connectivity index (χ3v) is 3.94. The van der Waals surface area contributed by atoms with E-state index < -0.39 is 5.91 Å². The summed E-state index contributed by atoms with van der Waals surface area (Å²) < 4.78 is 5.35. The number of nitrogens with zero attached hydrogens (tertiary/aromatic N) is 1. The maximum Gasteiger partial charge on any atom is 0.236 e. The lowest BCUT2D eigenvalue weighted by atomic mass is 10.1. The number of morpholine rings is 1. The number of amides is 1. The second-order valence-corrected chi connectivity index (χ2v) is 5.64. The standard InChI is InChI=1S/C15H18ClN3O2S/c16-12-3-1-11(2-4-12)13(9-18-10-14(17)20)15(22)19-5-7-21-8-6-19/h1-4,9,18H,5-8,10H2,(H2,17,20)/b13-9-. The third-order valence-electron chi connectivity index (χ3n) is 3.21. The normalized spacial score (nSPS) is 15.5. The fourth-order valence-corrected chi connectivity index (χ4v) is 2.57. The summed E-state index contributed by atoms with van der Waals surface area (Å²) in [5, 5.41) is 3.56. The molecular formula is C15H18ClN3O2S. The number of carbonyl (C=O) groups is 1. The largest absolute Gasteiger partial charge is 0.382 e. The van der Waals surface area contributed by atoms with Gasteiger partial charge in [-0.15, -0.1) is 0 Å². The van der Waals surface area contributed by atoms with Crippen molar-refractivity contribution < 1.29 is 9.53 Å². The van der Waals surface area contributed by atoms with E-state index in [1.165, 1.54) is 0 Å². The number of rotatable bonds is 5. The summed E-state index contributed by atoms with van der Waals surface area (Å²) in [5.41, 5.74) is 6.91. The molecule has 7 heteroatoms. The van der Waals surface area contributed by atoms with Gasteiger partial charge in [-0.3, -0.25) is 4.79 Å². The average molecular weight is 340 g/mol. The molecule has 0 aromatic heterocycles. The zero-order valence-corrected chi connectivity index (χ0v) is 13.6. The van der Waals surface area contributed by atoms with Crippen molar-refractivity contribution in [3.8, 4) is 0 Å². The van der Waals surface area contributed by atoms with Crippen molar-refractivity contribution in [2.24, 2.45) is 5.73 Å². The van der Waals surface area contributed by atoms with Crippen molar-refractivity contribution in [3.05, 3.63) is 41.1 Å². The van der Waals surface area contributed by atoms with Crippen LogP contribution in [0.3, 0.4) is 0 Å². The van der Waals surface area contributed by atoms with E-state index in [2.05, 4.69) is 10.2 Å². The van der Waals surface area contributed by atoms with Crippen molar-refractivity contribution in [3.63, 3.8) is 0 Å². The van der Waals surface area contributed by atoms with Crippen molar-refractivity contribution in [1.82, 2.24) is 10.2 Å². The number of carbonyl (C=O) groups excluding carboxylic acids is 1. The predicted octanol–water partition coefficient (Wildman–Crippen LogP) is 1.42. The highest BCUT2D eigenvalue weighted by atomic mass is 35.5. The molecule has 118 valence electrons. The molecule has 1 aromatic carbocycles. The Labute approximate surface area is 140 Å². The van der Waals surface area contributed by atoms with Crippen molar-refractivity contribution >= 4 is 40.3 Å². The molecule has 1 aliphatic heterocycles. The van der Waals surface area contributed by atoms with E-state index in [9.17, 15) is 4.79 Å². The zero-order valence-electron chi connectivity index (χ0n) is 12.0. The number of hydrogen-bond donors (Lipinski definition) is 2. The van der Waals surface area contributed by atoms with Gasteiger partial charge in [0.05, 0.1) is 19.8 Å². The monoisotopic (exact) mass is 339 g/mol. The highest BCUT2D eigenvalue weighted by Gasteiger charge is 2.18. The smallest absolute Gasteiger partial charge is 0.236 e. The minimum absolute atomic E-state index is 0.0583. The molecule has 1 saturated heterocycles. The van der Waals surface area contributed by atoms with Crippen LogP contribution in [-0.4, -0.2) is 48.6 Å². The van der Waals surface area contributed by atoms with Crippen LogP contribution in [0.4, 0.5) is 0 Å². The van der Waals surface area contributed by atoms with Crippen LogP contribution in [0.2, 0.25) is 5.02 Å². The van der Waals surface area contributed by atoms with Crippen molar-refractivity contribution in [2.45, 2.75) is 0 Å². The number of thiocarbonyl (C=S) groups is 1. The molecule has 0 bridgehead atoms. The molecular weight excluding hydrogens is 322 g/mol. The number of halogens is 1. The first-order valence-corrected chi connectivity index (χ1v) is 7.71. The third kappa shape index (κ3) is 4.69. The number of ether oxygens (including phenoxy) is 1. The lowest BCUT2D eigenvalue weighted by Crippen LogP contribution is -2.40. The Kier molecular flexibility index (Phi) is 6.18. The van der Waals surface area contributed by atoms with Gasteiger partial charge in [-0.05, 0) is 17.7 Å². The molecule has 1 aromatic rings. The van der Waals surface area contributed by atoms with Crippen LogP contribution in [0.5, 0.6) is 0 Å². The van der Waals surface area contributed by atoms with E-state index in [0.717, 1.165) is 24.2 Å². The Bertz CT molecular complexity index is 569. The van der Waals surface area contributed by atoms with Gasteiger partial charge in [0.25, 0.3) is 0 Å². The Morgan fingerprint density at radius 3 is 2.59 bits per heavy atom. The second-order valence-electron chi connectivity index (χ2n) is 4.82. The molecule has 0 aliphatic carbocycles. The molecule has 0 atom stereocenters. The van der Waals surface area contributed by atoms with Crippen LogP contribution in [-0.2, 0) is 9.53 Å². The minimum Gasteiger partial charge on any atom is -0.382 e. The highest BCUT2D eigenvalue weighted by molar-refractivity contribution is 7.81. The van der Waals surface area contributed by atoms with Crippen LogP contribution in [0, 0.1) is 0 Å². The van der Waals surface area contributed by atoms with Gasteiger partial charge in [0, 0.05) is 29.9 Å². The van der Waals surface area contributed by atoms with E-state index in [1.807, 2.05) is 12.1 Å². The van der Waals surface area contributed by atoms with Gasteiger partial charge < -0.3 is 20.7 Å². The molecule has 1 aliphatic rings. The Morgan fingerprint density at radius 1 is 1.36 bits per heavy atom. The topological polar surface area (TPSA) is 67.6 Å². The number of nitrogens with two attached hydrogens (primary N) is 1. The van der Waals surface area contributed by atoms with Gasteiger partial charge in [0.1, 0.15) is 4.99 Å². The van der Waals surface area contributed by atoms with Crippen LogP contribution >= 0.6 is 23.8 Å². The lowest BCUT2D eigenvalue weighted by molar-refractivity contribution is -0.117. The van der Waals surface area contributed by atoms with E-state index in [4.69, 9.17) is 34.3 Å². The summed E-state index contributed by atoms with van der Waals surface area (Å²) in [6.07, 6.45) is 1.73. The van der Waals surface area contributed by atoms with Gasteiger partial charge in [0.2, 0.25) is 5.91 Å². The van der Waals surface area contributed by atoms with Crippen LogP contribution < -0.4 is 11.1 Å². The van der Waals surface area contributed by atoms with E-state index in [1.54, 1.807) is 18.3 Å². The quantitative estimate of drug-likeness (QED) is 0.627. The second kappa shape index (κ2) is 8.12. The van der Waals surface area contributed by atoms with Gasteiger partial charge in [-0.2, -0.15) is 0 Å². The van der Waals surface area contributed by atoms with Gasteiger partial charge >= 0.3 is 0 Å². The fourth-order valence-electron chi connectivity index (χ4n) is 2.09. The molecule has 1 fully saturated rings. The van der Waals surface area contributed by atoms with Crippen molar-refractivity contribution in [1.29, 1.82) is 0 Å². The first-order valence-electron chi connectivity index (χ1n) is 6.93. The Morgan fingerprint density at radius 2 is 2.00 bits per heavy atom. The lowest BCUT2D eigenvalue weighted by Gasteiger charge is -2.30. The SMILES string of the molecule is NC(=O)CN/C=C(\C(=S)N1CCOCC1)c1ccc(Cl)cc1. The molecule has 0 radical (unpaired) electrons. The molecule has 1 amide bonds. The molecule has 5 nitrogen and oxygen atoms in total. The van der Waals surface area contributed by atoms with E-state index in [0.29, 0.717) is 23.2 Å². The van der Waals surface area contributed by atoms with Crippen LogP contribution in [0.25, 0.3) is 5.57 Å². The predicted molar refractivity (Wildman–Crippen MR) is 91.6 cm³/mol. The molecule has 2 rings (SSSR count). The fraction of sp³-hybridized carbons (Fsp3) is 0.333. The maximum atomic E-state index is 10.9. The van der Waals surface area contributed by atoms with Crippen molar-refractivity contribution in [2.75, 3.05) is 32.8 Å². The Balaban J connectivity index is 2.21. The number of primary amides is 1. The first kappa shape index (κ1) is 16.7. The molecule has 0 unspecified atom stereocenters. The summed E-state index contributed by atoms with van der Waals surface area (Å²) >= 11 is 11.5. The zero-order chi connectivity index (χ0) is 15.9. The molecule has 3 N–H and O–H groups in total. The summed E-state index contributed by atoms with van der Waals surface area (Å²) in [5.74, 6) is -0.427. The van der Waals surface area contributed by atoms with Gasteiger partial charge in [0.15, 0.2) is 0 Å². The van der Waals surface area contributed by atoms with Crippen LogP contribution in [0.15, 0.2) is 30.5 Å². The molecule has 0 saturated carbocycles. The van der Waals surface area contributed by atoms with E-state index in [-0.39, 0.29) is 6.54 Å². The summed E-state index contributed by atoms with van der Waals surface area (Å²) in [6.45, 7) is 2.87. The highest BCUT2D eigenvalue weighted by Crippen LogP contribution is 2.21. The number of nitrogens with one attached hydrogen (secondary N) is 1. The van der Waals surface area contributed by atoms with Gasteiger partial charge in [-0.1, -0.05) is 36.0 Å². The minimum atomic E-state index is -0.427. The van der Waals surface area contributed by atoms with Crippen LogP contribution in [0.1, 0.15) is 5.56 Å². The first-order chi connectivity index (χ1) is 10.6. The van der Waals surface area contributed by atoms with E-state index >= 15 is 0 Å². The Hall–Kier alpha value is -1.63. The number of hydrogen-bond acceptors (Lipinski definition) is 4. The summed E-state index contributed by atoms with van der Waals surface area (Å²) in [7, 11) is 0. The summed E-state index contributed by atoms with van der Waals surface area (Å²) in [6, 6.07) is 7.40. The maximum absolute atomic E-state index is 10.9.